The average Bonchev–Trinajstić information content (AvgIpc) is 3.41. The fraction of sp³-hybridized carbons (Fsp3) is 0.462. The number of carbonyl (C=O) groups is 2. The second kappa shape index (κ2) is 13.1. The fourth-order valence-electron chi connectivity index (χ4n) is 4.09. The molecule has 1 saturated heterocycles. The van der Waals surface area contributed by atoms with Crippen molar-refractivity contribution in [2.75, 3.05) is 41.1 Å². The number of aliphatic carboxylic acids is 1. The molecule has 0 radical (unpaired) electrons. The number of nitrogens with one attached hydrogen (secondary N) is 2. The van der Waals surface area contributed by atoms with Gasteiger partial charge in [0, 0.05) is 13.5 Å². The molecule has 2 aromatic rings. The van der Waals surface area contributed by atoms with Crippen molar-refractivity contribution in [2.24, 2.45) is 0 Å². The summed E-state index contributed by atoms with van der Waals surface area (Å²) in [4.78, 5) is 24.1. The van der Waals surface area contributed by atoms with Crippen LogP contribution in [0, 0.1) is 0 Å². The average molecular weight is 487 g/mol. The SMILES string of the molecule is COCCOCc1cc(OC)c(-c2ccc(C[C@H](NC(=O)[C@@H]3CCCN3)C(=O)O)cc2)c(OC)c1. The summed E-state index contributed by atoms with van der Waals surface area (Å²) in [6.45, 7) is 2.17. The van der Waals surface area contributed by atoms with Crippen LogP contribution in [0.1, 0.15) is 24.0 Å². The minimum Gasteiger partial charge on any atom is -0.496 e. The number of carboxylic acid groups (broad SMARTS) is 1. The van der Waals surface area contributed by atoms with Crippen LogP contribution in [0.25, 0.3) is 11.1 Å². The number of hydrogen-bond acceptors (Lipinski definition) is 7. The molecule has 1 aliphatic rings. The van der Waals surface area contributed by atoms with Gasteiger partial charge in [-0.15, -0.1) is 0 Å². The summed E-state index contributed by atoms with van der Waals surface area (Å²) < 4.78 is 21.9. The van der Waals surface area contributed by atoms with Gasteiger partial charge in [-0.05, 0) is 48.2 Å². The molecule has 1 heterocycles. The summed E-state index contributed by atoms with van der Waals surface area (Å²) in [7, 11) is 4.82. The third-order valence-corrected chi connectivity index (χ3v) is 5.94. The minimum atomic E-state index is -1.06. The van der Waals surface area contributed by atoms with Crippen LogP contribution in [0.15, 0.2) is 36.4 Å². The highest BCUT2D eigenvalue weighted by Crippen LogP contribution is 2.40. The summed E-state index contributed by atoms with van der Waals surface area (Å²) in [6.07, 6.45) is 1.81. The number of methoxy groups -OCH3 is 3. The smallest absolute Gasteiger partial charge is 0.326 e. The highest BCUT2D eigenvalue weighted by atomic mass is 16.5. The number of hydrogen-bond donors (Lipinski definition) is 3. The third kappa shape index (κ3) is 7.17. The summed E-state index contributed by atoms with van der Waals surface area (Å²) in [5.74, 6) is -0.0521. The first kappa shape index (κ1) is 26.5. The molecule has 0 spiro atoms. The molecule has 35 heavy (non-hydrogen) atoms. The van der Waals surface area contributed by atoms with Gasteiger partial charge in [-0.1, -0.05) is 24.3 Å². The number of carbonyl (C=O) groups excluding carboxylic acids is 1. The highest BCUT2D eigenvalue weighted by molar-refractivity contribution is 5.87. The van der Waals surface area contributed by atoms with Gasteiger partial charge in [-0.25, -0.2) is 4.79 Å². The van der Waals surface area contributed by atoms with E-state index in [0.717, 1.165) is 35.2 Å². The third-order valence-electron chi connectivity index (χ3n) is 5.94. The number of rotatable bonds is 13. The summed E-state index contributed by atoms with van der Waals surface area (Å²) in [5.41, 5.74) is 3.35. The van der Waals surface area contributed by atoms with Gasteiger partial charge in [0.2, 0.25) is 5.91 Å². The van der Waals surface area contributed by atoms with E-state index in [0.29, 0.717) is 37.7 Å². The molecule has 0 bridgehead atoms. The first-order valence-electron chi connectivity index (χ1n) is 11.6. The zero-order chi connectivity index (χ0) is 25.2. The largest absolute Gasteiger partial charge is 0.496 e. The second-order valence-corrected chi connectivity index (χ2v) is 8.37. The van der Waals surface area contributed by atoms with Crippen molar-refractivity contribution in [2.45, 2.75) is 38.0 Å². The minimum absolute atomic E-state index is 0.181. The first-order chi connectivity index (χ1) is 17.0. The Balaban J connectivity index is 1.75. The molecule has 0 unspecified atom stereocenters. The number of ether oxygens (including phenoxy) is 4. The molecular weight excluding hydrogens is 452 g/mol. The standard InChI is InChI=1S/C26H34N2O7/c1-32-11-12-35-16-18-14-22(33-2)24(23(15-18)34-3)19-8-6-17(7-9-19)13-21(26(30)31)28-25(29)20-5-4-10-27-20/h6-9,14-15,20-21,27H,4-5,10-13,16H2,1-3H3,(H,28,29)(H,30,31)/t20-,21-/m0/s1. The van der Waals surface area contributed by atoms with Gasteiger partial charge in [0.15, 0.2) is 0 Å². The normalized spacial score (nSPS) is 16.0. The summed E-state index contributed by atoms with van der Waals surface area (Å²) in [6, 6.07) is 9.98. The quantitative estimate of drug-likeness (QED) is 0.370. The molecule has 3 rings (SSSR count). The number of amides is 1. The number of carboxylic acids is 1. The fourth-order valence-corrected chi connectivity index (χ4v) is 4.09. The molecule has 1 fully saturated rings. The van der Waals surface area contributed by atoms with Crippen molar-refractivity contribution in [3.05, 3.63) is 47.5 Å². The van der Waals surface area contributed by atoms with E-state index in [1.54, 1.807) is 21.3 Å². The van der Waals surface area contributed by atoms with Crippen LogP contribution in [0.2, 0.25) is 0 Å². The Hall–Kier alpha value is -3.14. The lowest BCUT2D eigenvalue weighted by Crippen LogP contribution is -2.49. The predicted octanol–water partition coefficient (Wildman–Crippen LogP) is 2.40. The monoisotopic (exact) mass is 486 g/mol. The molecule has 0 saturated carbocycles. The molecule has 3 N–H and O–H groups in total. The zero-order valence-electron chi connectivity index (χ0n) is 20.5. The van der Waals surface area contributed by atoms with Crippen LogP contribution in [-0.4, -0.2) is 70.2 Å². The van der Waals surface area contributed by atoms with Crippen molar-refractivity contribution in [3.63, 3.8) is 0 Å². The molecule has 1 aliphatic heterocycles. The molecular formula is C26H34N2O7. The Morgan fingerprint density at radius 1 is 1.06 bits per heavy atom. The number of benzene rings is 2. The Kier molecular flexibility index (Phi) is 9.89. The maximum Gasteiger partial charge on any atom is 0.326 e. The molecule has 0 aromatic heterocycles. The Labute approximate surface area is 205 Å². The maximum absolute atomic E-state index is 12.4. The van der Waals surface area contributed by atoms with E-state index < -0.39 is 12.0 Å². The molecule has 190 valence electrons. The van der Waals surface area contributed by atoms with Gasteiger partial charge in [0.05, 0.1) is 45.6 Å². The van der Waals surface area contributed by atoms with Gasteiger partial charge in [0.25, 0.3) is 0 Å². The van der Waals surface area contributed by atoms with Crippen molar-refractivity contribution in [1.29, 1.82) is 0 Å². The molecule has 2 aromatic carbocycles. The molecule has 0 aliphatic carbocycles. The first-order valence-corrected chi connectivity index (χ1v) is 11.6. The molecule has 9 nitrogen and oxygen atoms in total. The molecule has 1 amide bonds. The van der Waals surface area contributed by atoms with Crippen LogP contribution in [0.5, 0.6) is 11.5 Å². The van der Waals surface area contributed by atoms with E-state index in [1.807, 2.05) is 36.4 Å². The Bertz CT molecular complexity index is 963. The van der Waals surface area contributed by atoms with Gasteiger partial charge in [-0.2, -0.15) is 0 Å². The van der Waals surface area contributed by atoms with Crippen molar-refractivity contribution >= 4 is 11.9 Å². The Morgan fingerprint density at radius 3 is 2.29 bits per heavy atom. The lowest BCUT2D eigenvalue weighted by Gasteiger charge is -2.18. The zero-order valence-corrected chi connectivity index (χ0v) is 20.5. The van der Waals surface area contributed by atoms with Crippen LogP contribution >= 0.6 is 0 Å². The Morgan fingerprint density at radius 2 is 1.74 bits per heavy atom. The molecule has 9 heteroatoms. The van der Waals surface area contributed by atoms with E-state index in [1.165, 1.54) is 0 Å². The van der Waals surface area contributed by atoms with E-state index in [4.69, 9.17) is 18.9 Å². The van der Waals surface area contributed by atoms with Crippen molar-refractivity contribution in [1.82, 2.24) is 10.6 Å². The van der Waals surface area contributed by atoms with E-state index >= 15 is 0 Å². The van der Waals surface area contributed by atoms with E-state index in [2.05, 4.69) is 10.6 Å². The van der Waals surface area contributed by atoms with Gasteiger partial charge < -0.3 is 34.7 Å². The second-order valence-electron chi connectivity index (χ2n) is 8.37. The van der Waals surface area contributed by atoms with Crippen LogP contribution < -0.4 is 20.1 Å². The van der Waals surface area contributed by atoms with Crippen LogP contribution in [0.4, 0.5) is 0 Å². The van der Waals surface area contributed by atoms with Gasteiger partial charge >= 0.3 is 5.97 Å². The predicted molar refractivity (Wildman–Crippen MR) is 131 cm³/mol. The van der Waals surface area contributed by atoms with E-state index in [-0.39, 0.29) is 18.4 Å². The maximum atomic E-state index is 12.4. The van der Waals surface area contributed by atoms with Crippen molar-refractivity contribution < 1.29 is 33.6 Å². The van der Waals surface area contributed by atoms with Gasteiger partial charge in [-0.3, -0.25) is 4.79 Å². The van der Waals surface area contributed by atoms with Crippen LogP contribution in [0.3, 0.4) is 0 Å². The highest BCUT2D eigenvalue weighted by Gasteiger charge is 2.27. The topological polar surface area (TPSA) is 115 Å². The van der Waals surface area contributed by atoms with Crippen molar-refractivity contribution in [3.8, 4) is 22.6 Å². The summed E-state index contributed by atoms with van der Waals surface area (Å²) in [5, 5.41) is 15.4. The lowest BCUT2D eigenvalue weighted by molar-refractivity contribution is -0.142. The van der Waals surface area contributed by atoms with E-state index in [9.17, 15) is 14.7 Å². The van der Waals surface area contributed by atoms with Crippen LogP contribution in [-0.2, 0) is 32.1 Å². The van der Waals surface area contributed by atoms with Gasteiger partial charge in [0.1, 0.15) is 17.5 Å². The molecule has 2 atom stereocenters. The summed E-state index contributed by atoms with van der Waals surface area (Å²) >= 11 is 0. The lowest BCUT2D eigenvalue weighted by atomic mass is 9.98.